The van der Waals surface area contributed by atoms with Gasteiger partial charge in [-0.05, 0) is 25.0 Å². The Morgan fingerprint density at radius 1 is 1.56 bits per heavy atom. The van der Waals surface area contributed by atoms with Crippen LogP contribution in [0.3, 0.4) is 0 Å². The minimum Gasteiger partial charge on any atom is -0.467 e. The smallest absolute Gasteiger partial charge is 0.327 e. The van der Waals surface area contributed by atoms with Crippen molar-refractivity contribution in [1.82, 2.24) is 0 Å². The lowest BCUT2D eigenvalue weighted by Gasteiger charge is -2.15. The lowest BCUT2D eigenvalue weighted by molar-refractivity contribution is -0.141. The van der Waals surface area contributed by atoms with E-state index in [1.165, 1.54) is 7.11 Å². The van der Waals surface area contributed by atoms with Gasteiger partial charge < -0.3 is 10.1 Å². The highest BCUT2D eigenvalue weighted by Crippen LogP contribution is 2.17. The Morgan fingerprint density at radius 2 is 2.25 bits per heavy atom. The van der Waals surface area contributed by atoms with Crippen LogP contribution >= 0.6 is 0 Å². The van der Waals surface area contributed by atoms with Crippen LogP contribution in [0.4, 0.5) is 5.69 Å². The second kappa shape index (κ2) is 5.95. The lowest BCUT2D eigenvalue weighted by atomic mass is 10.1. The first-order valence-corrected chi connectivity index (χ1v) is 5.22. The van der Waals surface area contributed by atoms with Gasteiger partial charge in [0.2, 0.25) is 0 Å². The van der Waals surface area contributed by atoms with E-state index < -0.39 is 0 Å². The van der Waals surface area contributed by atoms with Crippen molar-refractivity contribution in [2.24, 2.45) is 0 Å². The standard InChI is InChI=1S/C13H17NO2/c1-4-7-11-8-5-6-9-12(11)14-10(2)13(15)16-3/h4-6,8-10,14H,1,7H2,2-3H3. The number of benzene rings is 1. The van der Waals surface area contributed by atoms with Gasteiger partial charge in [-0.15, -0.1) is 6.58 Å². The fourth-order valence-corrected chi connectivity index (χ4v) is 1.46. The van der Waals surface area contributed by atoms with E-state index >= 15 is 0 Å². The Hall–Kier alpha value is -1.77. The van der Waals surface area contributed by atoms with Crippen molar-refractivity contribution in [3.8, 4) is 0 Å². The molecule has 16 heavy (non-hydrogen) atoms. The molecular weight excluding hydrogens is 202 g/mol. The van der Waals surface area contributed by atoms with Crippen LogP contribution in [0.5, 0.6) is 0 Å². The molecule has 0 aliphatic carbocycles. The Morgan fingerprint density at radius 3 is 2.88 bits per heavy atom. The van der Waals surface area contributed by atoms with Crippen molar-refractivity contribution in [1.29, 1.82) is 0 Å². The number of ether oxygens (including phenoxy) is 1. The molecule has 1 rings (SSSR count). The van der Waals surface area contributed by atoms with Gasteiger partial charge in [0.1, 0.15) is 6.04 Å². The van der Waals surface area contributed by atoms with Crippen LogP contribution in [0.1, 0.15) is 12.5 Å². The van der Waals surface area contributed by atoms with Crippen LogP contribution in [0.2, 0.25) is 0 Å². The summed E-state index contributed by atoms with van der Waals surface area (Å²) in [7, 11) is 1.39. The van der Waals surface area contributed by atoms with Gasteiger partial charge in [0.25, 0.3) is 0 Å². The molecule has 1 atom stereocenters. The molecule has 1 aromatic carbocycles. The van der Waals surface area contributed by atoms with Gasteiger partial charge >= 0.3 is 5.97 Å². The molecular formula is C13H17NO2. The topological polar surface area (TPSA) is 38.3 Å². The Balaban J connectivity index is 2.79. The second-order valence-electron chi connectivity index (χ2n) is 3.54. The number of hydrogen-bond acceptors (Lipinski definition) is 3. The van der Waals surface area contributed by atoms with Gasteiger partial charge in [0, 0.05) is 5.69 Å². The van der Waals surface area contributed by atoms with Crippen molar-refractivity contribution in [2.75, 3.05) is 12.4 Å². The molecule has 0 bridgehead atoms. The molecule has 3 nitrogen and oxygen atoms in total. The molecule has 3 heteroatoms. The first kappa shape index (κ1) is 12.3. The number of esters is 1. The van der Waals surface area contributed by atoms with Gasteiger partial charge in [-0.1, -0.05) is 24.3 Å². The van der Waals surface area contributed by atoms with Gasteiger partial charge in [-0.25, -0.2) is 4.79 Å². The van der Waals surface area contributed by atoms with E-state index in [4.69, 9.17) is 0 Å². The molecule has 0 fully saturated rings. The zero-order valence-corrected chi connectivity index (χ0v) is 9.69. The molecule has 0 saturated carbocycles. The molecule has 0 heterocycles. The molecule has 0 spiro atoms. The number of carbonyl (C=O) groups excluding carboxylic acids is 1. The average molecular weight is 219 g/mol. The SMILES string of the molecule is C=CCc1ccccc1NC(C)C(=O)OC. The summed E-state index contributed by atoms with van der Waals surface area (Å²) in [6.07, 6.45) is 2.61. The average Bonchev–Trinajstić information content (AvgIpc) is 2.31. The number of rotatable bonds is 5. The van der Waals surface area contributed by atoms with Gasteiger partial charge in [0.15, 0.2) is 0 Å². The first-order chi connectivity index (χ1) is 7.69. The molecule has 0 aliphatic heterocycles. The van der Waals surface area contributed by atoms with Crippen LogP contribution in [0.25, 0.3) is 0 Å². The maximum Gasteiger partial charge on any atom is 0.327 e. The summed E-state index contributed by atoms with van der Waals surface area (Å²) in [4.78, 5) is 11.3. The molecule has 1 unspecified atom stereocenters. The summed E-state index contributed by atoms with van der Waals surface area (Å²) in [5.41, 5.74) is 2.06. The highest BCUT2D eigenvalue weighted by molar-refractivity contribution is 5.79. The fourth-order valence-electron chi connectivity index (χ4n) is 1.46. The largest absolute Gasteiger partial charge is 0.467 e. The molecule has 1 aromatic rings. The second-order valence-corrected chi connectivity index (χ2v) is 3.54. The van der Waals surface area contributed by atoms with Gasteiger partial charge in [-0.2, -0.15) is 0 Å². The first-order valence-electron chi connectivity index (χ1n) is 5.22. The Labute approximate surface area is 96.1 Å². The molecule has 86 valence electrons. The third kappa shape index (κ3) is 3.12. The molecule has 0 aromatic heterocycles. The molecule has 0 radical (unpaired) electrons. The molecule has 1 N–H and O–H groups in total. The maximum absolute atomic E-state index is 11.3. The quantitative estimate of drug-likeness (QED) is 0.610. The van der Waals surface area contributed by atoms with Crippen molar-refractivity contribution < 1.29 is 9.53 Å². The van der Waals surface area contributed by atoms with Crippen molar-refractivity contribution in [2.45, 2.75) is 19.4 Å². The van der Waals surface area contributed by atoms with Crippen LogP contribution < -0.4 is 5.32 Å². The zero-order chi connectivity index (χ0) is 12.0. The van der Waals surface area contributed by atoms with Crippen molar-refractivity contribution >= 4 is 11.7 Å². The van der Waals surface area contributed by atoms with E-state index in [9.17, 15) is 4.79 Å². The van der Waals surface area contributed by atoms with E-state index in [2.05, 4.69) is 16.6 Å². The van der Waals surface area contributed by atoms with E-state index in [0.717, 1.165) is 17.7 Å². The third-order valence-corrected chi connectivity index (χ3v) is 2.31. The van der Waals surface area contributed by atoms with Gasteiger partial charge in [0.05, 0.1) is 7.11 Å². The highest BCUT2D eigenvalue weighted by atomic mass is 16.5. The summed E-state index contributed by atoms with van der Waals surface area (Å²) in [6.45, 7) is 5.48. The van der Waals surface area contributed by atoms with Crippen molar-refractivity contribution in [3.63, 3.8) is 0 Å². The minimum absolute atomic E-state index is 0.270. The number of carbonyl (C=O) groups is 1. The molecule has 0 saturated heterocycles. The normalized spacial score (nSPS) is 11.6. The summed E-state index contributed by atoms with van der Waals surface area (Å²) in [6, 6.07) is 7.49. The van der Waals surface area contributed by atoms with E-state index in [1.807, 2.05) is 30.3 Å². The number of anilines is 1. The summed E-state index contributed by atoms with van der Waals surface area (Å²) < 4.78 is 4.66. The number of allylic oxidation sites excluding steroid dienone is 1. The monoisotopic (exact) mass is 219 g/mol. The minimum atomic E-state index is -0.351. The van der Waals surface area contributed by atoms with E-state index in [0.29, 0.717) is 0 Å². The molecule has 0 amide bonds. The number of para-hydroxylation sites is 1. The number of methoxy groups -OCH3 is 1. The summed E-state index contributed by atoms with van der Waals surface area (Å²) in [5.74, 6) is -0.270. The van der Waals surface area contributed by atoms with E-state index in [1.54, 1.807) is 6.92 Å². The van der Waals surface area contributed by atoms with Crippen LogP contribution in [-0.4, -0.2) is 19.1 Å². The predicted molar refractivity (Wildman–Crippen MR) is 65.4 cm³/mol. The third-order valence-electron chi connectivity index (χ3n) is 2.31. The fraction of sp³-hybridized carbons (Fsp3) is 0.308. The highest BCUT2D eigenvalue weighted by Gasteiger charge is 2.13. The Bertz CT molecular complexity index is 374. The van der Waals surface area contributed by atoms with Crippen LogP contribution in [0, 0.1) is 0 Å². The van der Waals surface area contributed by atoms with Crippen molar-refractivity contribution in [3.05, 3.63) is 42.5 Å². The number of nitrogens with one attached hydrogen (secondary N) is 1. The molecule has 0 aliphatic rings. The zero-order valence-electron chi connectivity index (χ0n) is 9.69. The van der Waals surface area contributed by atoms with E-state index in [-0.39, 0.29) is 12.0 Å². The maximum atomic E-state index is 11.3. The van der Waals surface area contributed by atoms with Crippen LogP contribution in [-0.2, 0) is 16.0 Å². The summed E-state index contributed by atoms with van der Waals surface area (Å²) in [5, 5.41) is 3.12. The Kier molecular flexibility index (Phi) is 4.58. The van der Waals surface area contributed by atoms with Gasteiger partial charge in [-0.3, -0.25) is 0 Å². The number of hydrogen-bond donors (Lipinski definition) is 1. The van der Waals surface area contributed by atoms with Crippen LogP contribution in [0.15, 0.2) is 36.9 Å². The summed E-state index contributed by atoms with van der Waals surface area (Å²) >= 11 is 0. The lowest BCUT2D eigenvalue weighted by Crippen LogP contribution is -2.27. The predicted octanol–water partition coefficient (Wildman–Crippen LogP) is 2.39.